The van der Waals surface area contributed by atoms with Gasteiger partial charge in [0.15, 0.2) is 0 Å². The van der Waals surface area contributed by atoms with Gasteiger partial charge in [-0.25, -0.2) is 9.59 Å². The summed E-state index contributed by atoms with van der Waals surface area (Å²) in [6.45, 7) is 13.8. The van der Waals surface area contributed by atoms with Crippen molar-refractivity contribution in [3.05, 3.63) is 0 Å². The first kappa shape index (κ1) is 25.7. The SMILES string of the molecule is CC(C)CC(NC(=O)C(C)NC(=O)C(NC(=O)OC(C)(C)C)C(C)C)C(=O)O. The Hall–Kier alpha value is -2.32. The largest absolute Gasteiger partial charge is 0.480 e. The van der Waals surface area contributed by atoms with Gasteiger partial charge >= 0.3 is 12.1 Å². The third-order valence-electron chi connectivity index (χ3n) is 3.70. The normalized spacial score (nSPS) is 14.8. The molecule has 0 fully saturated rings. The van der Waals surface area contributed by atoms with Crippen LogP contribution in [0.2, 0.25) is 0 Å². The van der Waals surface area contributed by atoms with Crippen LogP contribution >= 0.6 is 0 Å². The first-order valence-corrected chi connectivity index (χ1v) is 9.47. The van der Waals surface area contributed by atoms with Crippen molar-refractivity contribution in [3.8, 4) is 0 Å². The molecule has 162 valence electrons. The van der Waals surface area contributed by atoms with E-state index in [1.807, 2.05) is 13.8 Å². The second-order valence-electron chi connectivity index (χ2n) is 8.63. The Kier molecular flexibility index (Phi) is 9.97. The highest BCUT2D eigenvalue weighted by Crippen LogP contribution is 2.09. The Morgan fingerprint density at radius 3 is 1.82 bits per heavy atom. The molecule has 0 aliphatic heterocycles. The van der Waals surface area contributed by atoms with Gasteiger partial charge in [-0.3, -0.25) is 9.59 Å². The molecule has 3 unspecified atom stereocenters. The molecule has 0 bridgehead atoms. The Bertz CT molecular complexity index is 569. The van der Waals surface area contributed by atoms with E-state index in [-0.39, 0.29) is 18.3 Å². The van der Waals surface area contributed by atoms with E-state index in [9.17, 15) is 24.3 Å². The number of carboxylic acids is 1. The van der Waals surface area contributed by atoms with Gasteiger partial charge in [0.05, 0.1) is 0 Å². The van der Waals surface area contributed by atoms with E-state index in [1.54, 1.807) is 34.6 Å². The predicted molar refractivity (Wildman–Crippen MR) is 105 cm³/mol. The summed E-state index contributed by atoms with van der Waals surface area (Å²) in [6, 6.07) is -2.91. The Morgan fingerprint density at radius 1 is 0.893 bits per heavy atom. The van der Waals surface area contributed by atoms with Gasteiger partial charge < -0.3 is 25.8 Å². The van der Waals surface area contributed by atoms with Crippen molar-refractivity contribution in [3.63, 3.8) is 0 Å². The number of rotatable bonds is 9. The predicted octanol–water partition coefficient (Wildman–Crippen LogP) is 1.66. The monoisotopic (exact) mass is 401 g/mol. The summed E-state index contributed by atoms with van der Waals surface area (Å²) in [7, 11) is 0. The lowest BCUT2D eigenvalue weighted by atomic mass is 10.0. The molecule has 28 heavy (non-hydrogen) atoms. The number of nitrogens with one attached hydrogen (secondary N) is 3. The zero-order valence-corrected chi connectivity index (χ0v) is 18.1. The number of aliphatic carboxylic acids is 1. The quantitative estimate of drug-likeness (QED) is 0.464. The number of alkyl carbamates (subject to hydrolysis) is 1. The number of ether oxygens (including phenoxy) is 1. The van der Waals surface area contributed by atoms with E-state index >= 15 is 0 Å². The fourth-order valence-electron chi connectivity index (χ4n) is 2.33. The van der Waals surface area contributed by atoms with Gasteiger partial charge in [-0.15, -0.1) is 0 Å². The highest BCUT2D eigenvalue weighted by molar-refractivity contribution is 5.92. The molecule has 0 heterocycles. The third kappa shape index (κ3) is 10.1. The lowest BCUT2D eigenvalue weighted by Crippen LogP contribution is -2.56. The lowest BCUT2D eigenvalue weighted by Gasteiger charge is -2.26. The molecule has 4 N–H and O–H groups in total. The first-order valence-electron chi connectivity index (χ1n) is 9.47. The van der Waals surface area contributed by atoms with Gasteiger partial charge in [-0.05, 0) is 46.0 Å². The van der Waals surface area contributed by atoms with Crippen LogP contribution in [0.4, 0.5) is 4.79 Å². The molecule has 0 saturated heterocycles. The summed E-state index contributed by atoms with van der Waals surface area (Å²) >= 11 is 0. The minimum atomic E-state index is -1.13. The fraction of sp³-hybridized carbons (Fsp3) is 0.789. The zero-order chi connectivity index (χ0) is 22.2. The van der Waals surface area contributed by atoms with Gasteiger partial charge in [0.2, 0.25) is 11.8 Å². The lowest BCUT2D eigenvalue weighted by molar-refractivity contribution is -0.142. The van der Waals surface area contributed by atoms with E-state index in [0.717, 1.165) is 0 Å². The van der Waals surface area contributed by atoms with E-state index in [2.05, 4.69) is 16.0 Å². The molecule has 9 heteroatoms. The molecule has 9 nitrogen and oxygen atoms in total. The summed E-state index contributed by atoms with van der Waals surface area (Å²) < 4.78 is 5.16. The number of hydrogen-bond donors (Lipinski definition) is 4. The minimum Gasteiger partial charge on any atom is -0.480 e. The van der Waals surface area contributed by atoms with Gasteiger partial charge in [-0.1, -0.05) is 27.7 Å². The molecule has 3 amide bonds. The van der Waals surface area contributed by atoms with Gasteiger partial charge in [0, 0.05) is 0 Å². The number of carbonyl (C=O) groups is 4. The highest BCUT2D eigenvalue weighted by Gasteiger charge is 2.30. The average Bonchev–Trinajstić information content (AvgIpc) is 2.48. The van der Waals surface area contributed by atoms with E-state index < -0.39 is 47.6 Å². The Morgan fingerprint density at radius 2 is 1.43 bits per heavy atom. The second-order valence-corrected chi connectivity index (χ2v) is 8.63. The number of carboxylic acid groups (broad SMARTS) is 1. The summed E-state index contributed by atoms with van der Waals surface area (Å²) in [5.74, 6) is -2.47. The Balaban J connectivity index is 4.94. The van der Waals surface area contributed by atoms with Gasteiger partial charge in [0.25, 0.3) is 0 Å². The van der Waals surface area contributed by atoms with E-state index in [4.69, 9.17) is 4.74 Å². The molecule has 0 rings (SSSR count). The molecule has 0 saturated carbocycles. The minimum absolute atomic E-state index is 0.0784. The van der Waals surface area contributed by atoms with Crippen molar-refractivity contribution in [2.24, 2.45) is 11.8 Å². The maximum absolute atomic E-state index is 12.5. The van der Waals surface area contributed by atoms with Crippen molar-refractivity contribution in [1.82, 2.24) is 16.0 Å². The standard InChI is InChI=1S/C19H35N3O6/c1-10(2)9-13(17(25)26)21-15(23)12(5)20-16(24)14(11(3)4)22-18(27)28-19(6,7)8/h10-14H,9H2,1-8H3,(H,20,24)(H,21,23)(H,22,27)(H,25,26). The molecular formula is C19H35N3O6. The molecule has 0 radical (unpaired) electrons. The van der Waals surface area contributed by atoms with Gasteiger partial charge in [0.1, 0.15) is 23.7 Å². The van der Waals surface area contributed by atoms with Crippen molar-refractivity contribution in [2.45, 2.75) is 85.5 Å². The van der Waals surface area contributed by atoms with E-state index in [0.29, 0.717) is 0 Å². The molecule has 0 aliphatic carbocycles. The highest BCUT2D eigenvalue weighted by atomic mass is 16.6. The summed E-state index contributed by atoms with van der Waals surface area (Å²) in [6.07, 6.45) is -0.461. The number of hydrogen-bond acceptors (Lipinski definition) is 5. The second kappa shape index (κ2) is 10.9. The molecular weight excluding hydrogens is 366 g/mol. The van der Waals surface area contributed by atoms with Crippen LogP contribution in [0.5, 0.6) is 0 Å². The van der Waals surface area contributed by atoms with Crippen LogP contribution in [0.15, 0.2) is 0 Å². The summed E-state index contributed by atoms with van der Waals surface area (Å²) in [4.78, 5) is 48.0. The van der Waals surface area contributed by atoms with Gasteiger partial charge in [-0.2, -0.15) is 0 Å². The molecule has 0 aliphatic rings. The summed E-state index contributed by atoms with van der Waals surface area (Å²) in [5, 5.41) is 16.7. The van der Waals surface area contributed by atoms with E-state index in [1.165, 1.54) is 6.92 Å². The van der Waals surface area contributed by atoms with Crippen LogP contribution in [0.3, 0.4) is 0 Å². The summed E-state index contributed by atoms with van der Waals surface area (Å²) in [5.41, 5.74) is -0.711. The van der Waals surface area contributed by atoms with Crippen LogP contribution in [-0.2, 0) is 19.1 Å². The topological polar surface area (TPSA) is 134 Å². The third-order valence-corrected chi connectivity index (χ3v) is 3.70. The first-order chi connectivity index (χ1) is 12.6. The van der Waals surface area contributed by atoms with Crippen LogP contribution < -0.4 is 16.0 Å². The number of amides is 3. The van der Waals surface area contributed by atoms with Crippen LogP contribution in [-0.4, -0.2) is 52.7 Å². The van der Waals surface area contributed by atoms with Crippen molar-refractivity contribution in [1.29, 1.82) is 0 Å². The van der Waals surface area contributed by atoms with Crippen LogP contribution in [0.1, 0.15) is 61.8 Å². The van der Waals surface area contributed by atoms with Crippen molar-refractivity contribution >= 4 is 23.9 Å². The van der Waals surface area contributed by atoms with Crippen LogP contribution in [0, 0.1) is 11.8 Å². The van der Waals surface area contributed by atoms with Crippen molar-refractivity contribution in [2.75, 3.05) is 0 Å². The fourth-order valence-corrected chi connectivity index (χ4v) is 2.33. The molecule has 0 aromatic carbocycles. The number of carbonyl (C=O) groups excluding carboxylic acids is 3. The average molecular weight is 402 g/mol. The Labute approximate surface area is 167 Å². The zero-order valence-electron chi connectivity index (χ0n) is 18.1. The molecule has 3 atom stereocenters. The molecule has 0 aromatic heterocycles. The van der Waals surface area contributed by atoms with Crippen molar-refractivity contribution < 1.29 is 29.0 Å². The van der Waals surface area contributed by atoms with Crippen LogP contribution in [0.25, 0.3) is 0 Å². The maximum Gasteiger partial charge on any atom is 0.408 e. The molecule has 0 aromatic rings. The maximum atomic E-state index is 12.5. The smallest absolute Gasteiger partial charge is 0.408 e. The molecule has 0 spiro atoms.